The zero-order valence-corrected chi connectivity index (χ0v) is 10.1. The summed E-state index contributed by atoms with van der Waals surface area (Å²) in [4.78, 5) is 0. The first-order valence-electron chi connectivity index (χ1n) is 4.51. The van der Waals surface area contributed by atoms with E-state index in [0.717, 1.165) is 4.47 Å². The van der Waals surface area contributed by atoms with Crippen LogP contribution in [-0.2, 0) is 0 Å². The number of rotatable bonds is 0. The van der Waals surface area contributed by atoms with Crippen molar-refractivity contribution >= 4 is 15.9 Å². The van der Waals surface area contributed by atoms with Gasteiger partial charge in [0.05, 0.1) is 0 Å². The summed E-state index contributed by atoms with van der Waals surface area (Å²) in [7, 11) is 0. The molecule has 1 heteroatoms. The summed E-state index contributed by atoms with van der Waals surface area (Å²) < 4.78 is 1.13. The number of halogens is 1. The Bertz CT molecular complexity index is 146. The maximum Gasteiger partial charge on any atom is 0.0175 e. The van der Waals surface area contributed by atoms with Crippen molar-refractivity contribution in [3.8, 4) is 0 Å². The van der Waals surface area contributed by atoms with Crippen molar-refractivity contribution in [3.05, 3.63) is 34.8 Å². The SMILES string of the molecule is Brc1ccccc1.CC.CCC. The predicted octanol–water partition coefficient (Wildman–Crippen LogP) is 4.89. The Morgan fingerprint density at radius 3 is 1.50 bits per heavy atom. The van der Waals surface area contributed by atoms with Crippen molar-refractivity contribution in [3.63, 3.8) is 0 Å². The molecule has 0 aromatic heterocycles. The van der Waals surface area contributed by atoms with Gasteiger partial charge in [0.25, 0.3) is 0 Å². The minimum atomic E-state index is 1.13. The van der Waals surface area contributed by atoms with E-state index in [9.17, 15) is 0 Å². The van der Waals surface area contributed by atoms with Gasteiger partial charge in [0.2, 0.25) is 0 Å². The fraction of sp³-hybridized carbons (Fsp3) is 0.455. The van der Waals surface area contributed by atoms with E-state index < -0.39 is 0 Å². The molecule has 0 aliphatic heterocycles. The first-order valence-corrected chi connectivity index (χ1v) is 5.31. The van der Waals surface area contributed by atoms with E-state index >= 15 is 0 Å². The second-order valence-corrected chi connectivity index (χ2v) is 2.92. The molecular weight excluding hydrogens is 212 g/mol. The lowest BCUT2D eigenvalue weighted by Crippen LogP contribution is -1.55. The summed E-state index contributed by atoms with van der Waals surface area (Å²) in [5.74, 6) is 0. The maximum absolute atomic E-state index is 3.31. The third-order valence-electron chi connectivity index (χ3n) is 0.733. The maximum atomic E-state index is 3.31. The van der Waals surface area contributed by atoms with Gasteiger partial charge in [-0.15, -0.1) is 0 Å². The molecule has 0 aliphatic rings. The fourth-order valence-corrected chi connectivity index (χ4v) is 0.720. The van der Waals surface area contributed by atoms with Gasteiger partial charge in [0, 0.05) is 4.47 Å². The van der Waals surface area contributed by atoms with Crippen LogP contribution in [0.5, 0.6) is 0 Å². The second kappa shape index (κ2) is 13.3. The summed E-state index contributed by atoms with van der Waals surface area (Å²) in [6.07, 6.45) is 1.25. The fourth-order valence-electron chi connectivity index (χ4n) is 0.415. The molecule has 0 fully saturated rings. The molecule has 0 atom stereocenters. The lowest BCUT2D eigenvalue weighted by Gasteiger charge is -1.80. The Labute approximate surface area is 85.1 Å². The smallest absolute Gasteiger partial charge is 0.0175 e. The highest BCUT2D eigenvalue weighted by Gasteiger charge is 1.74. The van der Waals surface area contributed by atoms with Crippen LogP contribution < -0.4 is 0 Å². The van der Waals surface area contributed by atoms with Gasteiger partial charge in [0.1, 0.15) is 0 Å². The highest BCUT2D eigenvalue weighted by molar-refractivity contribution is 9.10. The molecule has 1 aromatic carbocycles. The van der Waals surface area contributed by atoms with Crippen LogP contribution in [0.2, 0.25) is 0 Å². The molecule has 0 amide bonds. The van der Waals surface area contributed by atoms with Crippen molar-refractivity contribution < 1.29 is 0 Å². The zero-order valence-electron chi connectivity index (χ0n) is 8.47. The zero-order chi connectivity index (χ0) is 9.82. The molecule has 0 nitrogen and oxygen atoms in total. The van der Waals surface area contributed by atoms with Crippen molar-refractivity contribution in [1.82, 2.24) is 0 Å². The van der Waals surface area contributed by atoms with Crippen molar-refractivity contribution in [2.75, 3.05) is 0 Å². The quantitative estimate of drug-likeness (QED) is 0.596. The minimum Gasteiger partial charge on any atom is -0.0683 e. The van der Waals surface area contributed by atoms with E-state index in [1.807, 2.05) is 44.2 Å². The van der Waals surface area contributed by atoms with Gasteiger partial charge in [-0.05, 0) is 12.1 Å². The van der Waals surface area contributed by atoms with Crippen LogP contribution in [0.3, 0.4) is 0 Å². The monoisotopic (exact) mass is 230 g/mol. The minimum absolute atomic E-state index is 1.13. The van der Waals surface area contributed by atoms with Crippen molar-refractivity contribution in [1.29, 1.82) is 0 Å². The molecule has 0 unspecified atom stereocenters. The molecule has 0 bridgehead atoms. The number of hydrogen-bond donors (Lipinski definition) is 0. The molecule has 0 radical (unpaired) electrons. The van der Waals surface area contributed by atoms with Crippen LogP contribution in [0.25, 0.3) is 0 Å². The molecule has 12 heavy (non-hydrogen) atoms. The molecule has 1 rings (SSSR count). The van der Waals surface area contributed by atoms with Gasteiger partial charge < -0.3 is 0 Å². The molecular formula is C11H19Br. The van der Waals surface area contributed by atoms with Crippen LogP contribution in [0.4, 0.5) is 0 Å². The van der Waals surface area contributed by atoms with Crippen LogP contribution in [0, 0.1) is 0 Å². The van der Waals surface area contributed by atoms with Crippen LogP contribution in [0.15, 0.2) is 34.8 Å². The van der Waals surface area contributed by atoms with E-state index in [-0.39, 0.29) is 0 Å². The molecule has 0 N–H and O–H groups in total. The van der Waals surface area contributed by atoms with Gasteiger partial charge in [-0.3, -0.25) is 0 Å². The Balaban J connectivity index is 0. The third-order valence-corrected chi connectivity index (χ3v) is 1.26. The summed E-state index contributed by atoms with van der Waals surface area (Å²) in [6, 6.07) is 9.97. The molecule has 0 spiro atoms. The highest BCUT2D eigenvalue weighted by atomic mass is 79.9. The van der Waals surface area contributed by atoms with E-state index in [0.29, 0.717) is 0 Å². The molecule has 0 saturated carbocycles. The average molecular weight is 231 g/mol. The molecule has 0 aliphatic carbocycles. The predicted molar refractivity (Wildman–Crippen MR) is 61.5 cm³/mol. The summed E-state index contributed by atoms with van der Waals surface area (Å²) in [5.41, 5.74) is 0. The lowest BCUT2D eigenvalue weighted by molar-refractivity contribution is 1.09. The van der Waals surface area contributed by atoms with Crippen molar-refractivity contribution in [2.45, 2.75) is 34.1 Å². The van der Waals surface area contributed by atoms with Gasteiger partial charge in [-0.2, -0.15) is 0 Å². The normalized spacial score (nSPS) is 7.08. The average Bonchev–Trinajstić information content (AvgIpc) is 2.11. The van der Waals surface area contributed by atoms with Gasteiger partial charge >= 0.3 is 0 Å². The van der Waals surface area contributed by atoms with E-state index in [2.05, 4.69) is 29.8 Å². The van der Waals surface area contributed by atoms with E-state index in [1.165, 1.54) is 6.42 Å². The van der Waals surface area contributed by atoms with Crippen molar-refractivity contribution in [2.24, 2.45) is 0 Å². The standard InChI is InChI=1S/C6H5Br.C3H8.C2H6/c7-6-4-2-1-3-5-6;1-3-2;1-2/h1-5H;3H2,1-2H3;1-2H3. The third kappa shape index (κ3) is 12.4. The highest BCUT2D eigenvalue weighted by Crippen LogP contribution is 2.05. The molecule has 1 aromatic rings. The van der Waals surface area contributed by atoms with Crippen LogP contribution in [0.1, 0.15) is 34.1 Å². The first kappa shape index (κ1) is 14.2. The Kier molecular flexibility index (Phi) is 15.8. The van der Waals surface area contributed by atoms with Crippen LogP contribution in [-0.4, -0.2) is 0 Å². The molecule has 70 valence electrons. The van der Waals surface area contributed by atoms with E-state index in [1.54, 1.807) is 0 Å². The summed E-state index contributed by atoms with van der Waals surface area (Å²) in [5, 5.41) is 0. The van der Waals surface area contributed by atoms with Gasteiger partial charge in [-0.1, -0.05) is 68.2 Å². The van der Waals surface area contributed by atoms with Gasteiger partial charge in [0.15, 0.2) is 0 Å². The Hall–Kier alpha value is -0.300. The second-order valence-electron chi connectivity index (χ2n) is 2.00. The summed E-state index contributed by atoms with van der Waals surface area (Å²) >= 11 is 3.31. The van der Waals surface area contributed by atoms with Crippen LogP contribution >= 0.6 is 15.9 Å². The first-order chi connectivity index (χ1) is 5.81. The number of benzene rings is 1. The molecule has 0 heterocycles. The molecule has 0 saturated heterocycles. The topological polar surface area (TPSA) is 0 Å². The Morgan fingerprint density at radius 1 is 1.00 bits per heavy atom. The van der Waals surface area contributed by atoms with E-state index in [4.69, 9.17) is 0 Å². The Morgan fingerprint density at radius 2 is 1.33 bits per heavy atom. The number of hydrogen-bond acceptors (Lipinski definition) is 0. The lowest BCUT2D eigenvalue weighted by atomic mass is 10.4. The largest absolute Gasteiger partial charge is 0.0683 e. The summed E-state index contributed by atoms with van der Waals surface area (Å²) in [6.45, 7) is 8.25. The van der Waals surface area contributed by atoms with Gasteiger partial charge in [-0.25, -0.2) is 0 Å².